The summed E-state index contributed by atoms with van der Waals surface area (Å²) < 4.78 is 0. The quantitative estimate of drug-likeness (QED) is 0.943. The van der Waals surface area contributed by atoms with E-state index < -0.39 is 12.0 Å². The Labute approximate surface area is 121 Å². The lowest BCUT2D eigenvalue weighted by Gasteiger charge is -2.33. The molecule has 2 aromatic heterocycles. The van der Waals surface area contributed by atoms with Crippen molar-refractivity contribution in [3.63, 3.8) is 0 Å². The second kappa shape index (κ2) is 5.34. The van der Waals surface area contributed by atoms with Crippen LogP contribution >= 0.6 is 11.3 Å². The maximum Gasteiger partial charge on any atom is 0.325 e. The molecule has 0 bridgehead atoms. The van der Waals surface area contributed by atoms with Crippen molar-refractivity contribution in [2.75, 3.05) is 6.54 Å². The van der Waals surface area contributed by atoms with E-state index in [0.29, 0.717) is 6.54 Å². The SMILES string of the molecule is Cc1ccc(CN2CCc3sccc3C2C(=O)O)cn1. The second-order valence-electron chi connectivity index (χ2n) is 5.07. The number of hydrogen-bond donors (Lipinski definition) is 1. The Morgan fingerprint density at radius 3 is 3.05 bits per heavy atom. The molecule has 0 amide bonds. The smallest absolute Gasteiger partial charge is 0.325 e. The summed E-state index contributed by atoms with van der Waals surface area (Å²) in [5, 5.41) is 11.5. The predicted octanol–water partition coefficient (Wildman–Crippen LogP) is 2.64. The maximum atomic E-state index is 11.6. The van der Waals surface area contributed by atoms with Crippen molar-refractivity contribution in [1.29, 1.82) is 0 Å². The first-order valence-electron chi connectivity index (χ1n) is 6.60. The van der Waals surface area contributed by atoms with Crippen molar-refractivity contribution in [3.05, 3.63) is 51.5 Å². The van der Waals surface area contributed by atoms with E-state index in [1.807, 2.05) is 41.6 Å². The average molecular weight is 288 g/mol. The molecule has 2 aromatic rings. The lowest BCUT2D eigenvalue weighted by atomic mass is 9.99. The van der Waals surface area contributed by atoms with Gasteiger partial charge in [-0.1, -0.05) is 6.07 Å². The Morgan fingerprint density at radius 1 is 1.50 bits per heavy atom. The number of rotatable bonds is 3. The Bertz CT molecular complexity index is 621. The van der Waals surface area contributed by atoms with Gasteiger partial charge >= 0.3 is 5.97 Å². The van der Waals surface area contributed by atoms with Gasteiger partial charge in [0.2, 0.25) is 0 Å². The van der Waals surface area contributed by atoms with E-state index in [0.717, 1.165) is 29.8 Å². The molecule has 1 aliphatic heterocycles. The van der Waals surface area contributed by atoms with Gasteiger partial charge in [0.1, 0.15) is 6.04 Å². The number of pyridine rings is 1. The Kier molecular flexibility index (Phi) is 3.54. The standard InChI is InChI=1S/C15H16N2O2S/c1-10-2-3-11(8-16-10)9-17-6-4-13-12(5-7-20-13)14(17)15(18)19/h2-3,5,7-8,14H,4,6,9H2,1H3,(H,18,19). The molecule has 1 atom stereocenters. The predicted molar refractivity (Wildman–Crippen MR) is 77.8 cm³/mol. The molecule has 0 radical (unpaired) electrons. The first-order chi connectivity index (χ1) is 9.65. The first-order valence-corrected chi connectivity index (χ1v) is 7.48. The number of fused-ring (bicyclic) bond motifs is 1. The number of carboxylic acids is 1. The topological polar surface area (TPSA) is 53.4 Å². The van der Waals surface area contributed by atoms with E-state index in [1.165, 1.54) is 4.88 Å². The second-order valence-corrected chi connectivity index (χ2v) is 6.07. The highest BCUT2D eigenvalue weighted by Gasteiger charge is 2.33. The van der Waals surface area contributed by atoms with E-state index in [9.17, 15) is 9.90 Å². The zero-order valence-electron chi connectivity index (χ0n) is 11.2. The van der Waals surface area contributed by atoms with E-state index >= 15 is 0 Å². The van der Waals surface area contributed by atoms with Crippen LogP contribution in [0, 0.1) is 6.92 Å². The van der Waals surface area contributed by atoms with Crippen LogP contribution in [-0.2, 0) is 17.8 Å². The van der Waals surface area contributed by atoms with E-state index in [-0.39, 0.29) is 0 Å². The van der Waals surface area contributed by atoms with Gasteiger partial charge in [-0.25, -0.2) is 0 Å². The first kappa shape index (κ1) is 13.3. The molecule has 0 aromatic carbocycles. The van der Waals surface area contributed by atoms with Crippen LogP contribution in [0.3, 0.4) is 0 Å². The zero-order chi connectivity index (χ0) is 14.1. The highest BCUT2D eigenvalue weighted by molar-refractivity contribution is 7.10. The van der Waals surface area contributed by atoms with Crippen LogP contribution in [0.15, 0.2) is 29.8 Å². The Hall–Kier alpha value is -1.72. The number of aliphatic carboxylic acids is 1. The zero-order valence-corrected chi connectivity index (χ0v) is 12.1. The monoisotopic (exact) mass is 288 g/mol. The number of aromatic nitrogens is 1. The molecule has 3 rings (SSSR count). The van der Waals surface area contributed by atoms with E-state index in [1.54, 1.807) is 11.3 Å². The number of thiophene rings is 1. The number of aryl methyl sites for hydroxylation is 1. The normalized spacial score (nSPS) is 18.8. The molecule has 1 unspecified atom stereocenters. The molecular formula is C15H16N2O2S. The molecule has 3 heterocycles. The fraction of sp³-hybridized carbons (Fsp3) is 0.333. The largest absolute Gasteiger partial charge is 0.480 e. The van der Waals surface area contributed by atoms with Crippen LogP contribution in [-0.4, -0.2) is 27.5 Å². The summed E-state index contributed by atoms with van der Waals surface area (Å²) in [6.07, 6.45) is 2.76. The average Bonchev–Trinajstić information content (AvgIpc) is 2.89. The van der Waals surface area contributed by atoms with Crippen LogP contribution in [0.25, 0.3) is 0 Å². The van der Waals surface area contributed by atoms with Gasteiger partial charge in [0.25, 0.3) is 0 Å². The van der Waals surface area contributed by atoms with Crippen LogP contribution < -0.4 is 0 Å². The lowest BCUT2D eigenvalue weighted by Crippen LogP contribution is -2.38. The highest BCUT2D eigenvalue weighted by Crippen LogP contribution is 2.34. The lowest BCUT2D eigenvalue weighted by molar-refractivity contribution is -0.144. The number of carbonyl (C=O) groups is 1. The van der Waals surface area contributed by atoms with Gasteiger partial charge in [-0.05, 0) is 42.0 Å². The molecule has 1 aliphatic rings. The third kappa shape index (κ3) is 2.46. The van der Waals surface area contributed by atoms with Crippen LogP contribution in [0.5, 0.6) is 0 Å². The Balaban J connectivity index is 1.86. The van der Waals surface area contributed by atoms with Gasteiger partial charge in [-0.3, -0.25) is 14.7 Å². The minimum atomic E-state index is -0.774. The molecule has 0 spiro atoms. The fourth-order valence-corrected chi connectivity index (χ4v) is 3.56. The summed E-state index contributed by atoms with van der Waals surface area (Å²) in [6, 6.07) is 5.39. The third-order valence-corrected chi connectivity index (χ3v) is 4.65. The van der Waals surface area contributed by atoms with Crippen LogP contribution in [0.1, 0.15) is 27.7 Å². The minimum Gasteiger partial charge on any atom is -0.480 e. The molecule has 5 heteroatoms. The van der Waals surface area contributed by atoms with Crippen LogP contribution in [0.2, 0.25) is 0 Å². The highest BCUT2D eigenvalue weighted by atomic mass is 32.1. The summed E-state index contributed by atoms with van der Waals surface area (Å²) in [5.41, 5.74) is 2.98. The molecule has 0 saturated heterocycles. The van der Waals surface area contributed by atoms with E-state index in [2.05, 4.69) is 4.98 Å². The molecule has 0 aliphatic carbocycles. The third-order valence-electron chi connectivity index (χ3n) is 3.66. The Morgan fingerprint density at radius 2 is 2.35 bits per heavy atom. The molecule has 104 valence electrons. The van der Waals surface area contributed by atoms with Crippen molar-refractivity contribution in [1.82, 2.24) is 9.88 Å². The number of hydrogen-bond acceptors (Lipinski definition) is 4. The van der Waals surface area contributed by atoms with Crippen LogP contribution in [0.4, 0.5) is 0 Å². The maximum absolute atomic E-state index is 11.6. The van der Waals surface area contributed by atoms with Crippen molar-refractivity contribution in [2.45, 2.75) is 25.9 Å². The molecule has 20 heavy (non-hydrogen) atoms. The van der Waals surface area contributed by atoms with Gasteiger partial charge in [0.05, 0.1) is 0 Å². The summed E-state index contributed by atoms with van der Waals surface area (Å²) in [5.74, 6) is -0.774. The summed E-state index contributed by atoms with van der Waals surface area (Å²) in [7, 11) is 0. The number of carboxylic acid groups (broad SMARTS) is 1. The molecular weight excluding hydrogens is 272 g/mol. The molecule has 4 nitrogen and oxygen atoms in total. The molecule has 1 N–H and O–H groups in total. The molecule has 0 saturated carbocycles. The molecule has 0 fully saturated rings. The van der Waals surface area contributed by atoms with Gasteiger partial charge in [-0.2, -0.15) is 0 Å². The van der Waals surface area contributed by atoms with Gasteiger partial charge < -0.3 is 5.11 Å². The van der Waals surface area contributed by atoms with Gasteiger partial charge in [-0.15, -0.1) is 11.3 Å². The van der Waals surface area contributed by atoms with Crippen molar-refractivity contribution >= 4 is 17.3 Å². The summed E-state index contributed by atoms with van der Waals surface area (Å²) in [4.78, 5) is 19.1. The fourth-order valence-electron chi connectivity index (χ4n) is 2.65. The van der Waals surface area contributed by atoms with E-state index in [4.69, 9.17) is 0 Å². The van der Waals surface area contributed by atoms with Crippen molar-refractivity contribution in [3.8, 4) is 0 Å². The van der Waals surface area contributed by atoms with Crippen molar-refractivity contribution < 1.29 is 9.90 Å². The summed E-state index contributed by atoms with van der Waals surface area (Å²) >= 11 is 1.65. The van der Waals surface area contributed by atoms with Crippen molar-refractivity contribution in [2.24, 2.45) is 0 Å². The summed E-state index contributed by atoms with van der Waals surface area (Å²) in [6.45, 7) is 3.35. The van der Waals surface area contributed by atoms with Gasteiger partial charge in [0, 0.05) is 29.9 Å². The minimum absolute atomic E-state index is 0.536. The number of nitrogens with zero attached hydrogens (tertiary/aromatic N) is 2. The van der Waals surface area contributed by atoms with Gasteiger partial charge in [0.15, 0.2) is 0 Å².